The Labute approximate surface area is 84.8 Å². The van der Waals surface area contributed by atoms with Gasteiger partial charge in [0.2, 0.25) is 0 Å². The maximum Gasteiger partial charge on any atom is 0.304 e. The number of nitrogens with zero attached hydrogens (tertiary/aromatic N) is 1. The van der Waals surface area contributed by atoms with Crippen LogP contribution >= 0.6 is 0 Å². The average molecular weight is 201 g/mol. The van der Waals surface area contributed by atoms with Gasteiger partial charge in [0.15, 0.2) is 0 Å². The van der Waals surface area contributed by atoms with E-state index in [1.165, 1.54) is 12.8 Å². The zero-order valence-corrected chi connectivity index (χ0v) is 8.74. The van der Waals surface area contributed by atoms with Gasteiger partial charge in [0.1, 0.15) is 0 Å². The molecule has 0 radical (unpaired) electrons. The second-order valence-corrected chi connectivity index (χ2v) is 3.61. The molecule has 0 spiro atoms. The van der Waals surface area contributed by atoms with Crippen LogP contribution in [-0.2, 0) is 9.53 Å². The summed E-state index contributed by atoms with van der Waals surface area (Å²) in [5.74, 6) is -0.716. The molecule has 0 bridgehead atoms. The van der Waals surface area contributed by atoms with Crippen molar-refractivity contribution in [2.45, 2.75) is 32.2 Å². The molecule has 14 heavy (non-hydrogen) atoms. The van der Waals surface area contributed by atoms with Crippen LogP contribution in [0.2, 0.25) is 0 Å². The summed E-state index contributed by atoms with van der Waals surface area (Å²) in [5, 5.41) is 8.58. The predicted molar refractivity (Wildman–Crippen MR) is 53.3 cm³/mol. The molecule has 1 N–H and O–H groups in total. The number of hydrogen-bond acceptors (Lipinski definition) is 3. The summed E-state index contributed by atoms with van der Waals surface area (Å²) < 4.78 is 5.26. The Balaban J connectivity index is 2.14. The van der Waals surface area contributed by atoms with Crippen LogP contribution < -0.4 is 0 Å². The number of rotatable bonds is 8. The highest BCUT2D eigenvalue weighted by molar-refractivity contribution is 5.66. The van der Waals surface area contributed by atoms with E-state index in [1.807, 2.05) is 6.92 Å². The maximum atomic E-state index is 10.4. The topological polar surface area (TPSA) is 49.8 Å². The maximum absolute atomic E-state index is 10.4. The van der Waals surface area contributed by atoms with Crippen LogP contribution in [0.4, 0.5) is 0 Å². The SMILES string of the molecule is CCOCCN(CCC(=O)O)C1CC1. The van der Waals surface area contributed by atoms with Crippen molar-refractivity contribution in [3.05, 3.63) is 0 Å². The summed E-state index contributed by atoms with van der Waals surface area (Å²) in [6.45, 7) is 4.95. The van der Waals surface area contributed by atoms with Crippen LogP contribution in [-0.4, -0.2) is 48.3 Å². The van der Waals surface area contributed by atoms with Gasteiger partial charge in [-0.15, -0.1) is 0 Å². The van der Waals surface area contributed by atoms with E-state index in [2.05, 4.69) is 4.90 Å². The molecule has 0 amide bonds. The summed E-state index contributed by atoms with van der Waals surface area (Å²) in [7, 11) is 0. The molecule has 82 valence electrons. The standard InChI is InChI=1S/C10H19NO3/c1-2-14-8-7-11(9-3-4-9)6-5-10(12)13/h9H,2-8H2,1H3,(H,12,13). The molecule has 0 atom stereocenters. The van der Waals surface area contributed by atoms with Crippen molar-refractivity contribution in [1.82, 2.24) is 4.90 Å². The fourth-order valence-electron chi connectivity index (χ4n) is 1.48. The summed E-state index contributed by atoms with van der Waals surface area (Å²) >= 11 is 0. The lowest BCUT2D eigenvalue weighted by molar-refractivity contribution is -0.137. The van der Waals surface area contributed by atoms with E-state index < -0.39 is 5.97 Å². The van der Waals surface area contributed by atoms with E-state index >= 15 is 0 Å². The minimum Gasteiger partial charge on any atom is -0.481 e. The number of carboxylic acid groups (broad SMARTS) is 1. The molecule has 0 saturated heterocycles. The lowest BCUT2D eigenvalue weighted by Gasteiger charge is -2.20. The molecule has 1 fully saturated rings. The fourth-order valence-corrected chi connectivity index (χ4v) is 1.48. The second kappa shape index (κ2) is 5.98. The Morgan fingerprint density at radius 1 is 1.50 bits per heavy atom. The first kappa shape index (κ1) is 11.5. The van der Waals surface area contributed by atoms with Crippen molar-refractivity contribution in [3.8, 4) is 0 Å². The van der Waals surface area contributed by atoms with Crippen LogP contribution in [0.1, 0.15) is 26.2 Å². The molecule has 0 aromatic carbocycles. The van der Waals surface area contributed by atoms with Gasteiger partial charge >= 0.3 is 5.97 Å². The van der Waals surface area contributed by atoms with E-state index in [9.17, 15) is 4.79 Å². The molecule has 1 aliphatic rings. The minimum absolute atomic E-state index is 0.239. The van der Waals surface area contributed by atoms with E-state index in [-0.39, 0.29) is 6.42 Å². The van der Waals surface area contributed by atoms with Crippen molar-refractivity contribution in [2.24, 2.45) is 0 Å². The third-order valence-corrected chi connectivity index (χ3v) is 2.40. The van der Waals surface area contributed by atoms with Crippen molar-refractivity contribution >= 4 is 5.97 Å². The Hall–Kier alpha value is -0.610. The first-order valence-electron chi connectivity index (χ1n) is 5.27. The van der Waals surface area contributed by atoms with Crippen molar-refractivity contribution in [1.29, 1.82) is 0 Å². The molecule has 0 unspecified atom stereocenters. The molecule has 0 aliphatic heterocycles. The molecule has 4 heteroatoms. The molecule has 1 aliphatic carbocycles. The molecule has 0 heterocycles. The Bertz CT molecular complexity index is 180. The Morgan fingerprint density at radius 3 is 2.71 bits per heavy atom. The van der Waals surface area contributed by atoms with Gasteiger partial charge in [0.25, 0.3) is 0 Å². The summed E-state index contributed by atoms with van der Waals surface area (Å²) in [4.78, 5) is 12.6. The molecule has 0 aromatic heterocycles. The number of aliphatic carboxylic acids is 1. The van der Waals surface area contributed by atoms with Gasteiger partial charge in [-0.2, -0.15) is 0 Å². The van der Waals surface area contributed by atoms with Gasteiger partial charge in [0, 0.05) is 25.7 Å². The van der Waals surface area contributed by atoms with Crippen LogP contribution in [0, 0.1) is 0 Å². The third kappa shape index (κ3) is 4.58. The van der Waals surface area contributed by atoms with E-state index in [4.69, 9.17) is 9.84 Å². The quantitative estimate of drug-likeness (QED) is 0.594. The predicted octanol–water partition coefficient (Wildman–Crippen LogP) is 0.962. The molecule has 1 rings (SSSR count). The minimum atomic E-state index is -0.716. The normalized spacial score (nSPS) is 16.1. The van der Waals surface area contributed by atoms with E-state index in [0.29, 0.717) is 19.2 Å². The highest BCUT2D eigenvalue weighted by Gasteiger charge is 2.28. The monoisotopic (exact) mass is 201 g/mol. The van der Waals surface area contributed by atoms with Crippen molar-refractivity contribution in [2.75, 3.05) is 26.3 Å². The molecular formula is C10H19NO3. The number of hydrogen-bond donors (Lipinski definition) is 1. The van der Waals surface area contributed by atoms with Gasteiger partial charge in [-0.1, -0.05) is 0 Å². The average Bonchev–Trinajstić information content (AvgIpc) is 2.94. The van der Waals surface area contributed by atoms with Gasteiger partial charge in [0.05, 0.1) is 13.0 Å². The zero-order chi connectivity index (χ0) is 10.4. The second-order valence-electron chi connectivity index (χ2n) is 3.61. The van der Waals surface area contributed by atoms with Gasteiger partial charge in [-0.05, 0) is 19.8 Å². The van der Waals surface area contributed by atoms with E-state index in [1.54, 1.807) is 0 Å². The highest BCUT2D eigenvalue weighted by Crippen LogP contribution is 2.26. The first-order chi connectivity index (χ1) is 6.74. The van der Waals surface area contributed by atoms with Gasteiger partial charge in [-0.3, -0.25) is 9.69 Å². The molecular weight excluding hydrogens is 182 g/mol. The highest BCUT2D eigenvalue weighted by atomic mass is 16.5. The first-order valence-corrected chi connectivity index (χ1v) is 5.27. The Kier molecular flexibility index (Phi) is 4.90. The largest absolute Gasteiger partial charge is 0.481 e. The smallest absolute Gasteiger partial charge is 0.304 e. The van der Waals surface area contributed by atoms with Crippen molar-refractivity contribution in [3.63, 3.8) is 0 Å². The van der Waals surface area contributed by atoms with E-state index in [0.717, 1.165) is 13.2 Å². The summed E-state index contributed by atoms with van der Waals surface area (Å²) in [5.41, 5.74) is 0. The number of ether oxygens (including phenoxy) is 1. The number of carboxylic acids is 1. The third-order valence-electron chi connectivity index (χ3n) is 2.40. The van der Waals surface area contributed by atoms with Crippen LogP contribution in [0.3, 0.4) is 0 Å². The summed E-state index contributed by atoms with van der Waals surface area (Å²) in [6.07, 6.45) is 2.67. The lowest BCUT2D eigenvalue weighted by atomic mass is 10.3. The van der Waals surface area contributed by atoms with Crippen LogP contribution in [0.25, 0.3) is 0 Å². The molecule has 0 aromatic rings. The van der Waals surface area contributed by atoms with Crippen molar-refractivity contribution < 1.29 is 14.6 Å². The zero-order valence-electron chi connectivity index (χ0n) is 8.74. The van der Waals surface area contributed by atoms with Crippen LogP contribution in [0.5, 0.6) is 0 Å². The van der Waals surface area contributed by atoms with Gasteiger partial charge < -0.3 is 9.84 Å². The lowest BCUT2D eigenvalue weighted by Crippen LogP contribution is -2.32. The van der Waals surface area contributed by atoms with Crippen LogP contribution in [0.15, 0.2) is 0 Å². The fraction of sp³-hybridized carbons (Fsp3) is 0.900. The molecule has 1 saturated carbocycles. The molecule has 4 nitrogen and oxygen atoms in total. The van der Waals surface area contributed by atoms with Gasteiger partial charge in [-0.25, -0.2) is 0 Å². The Morgan fingerprint density at radius 2 is 2.21 bits per heavy atom. The number of carbonyl (C=O) groups is 1. The summed E-state index contributed by atoms with van der Waals surface area (Å²) in [6, 6.07) is 0.620.